The number of hydrogen-bond acceptors (Lipinski definition) is 3. The van der Waals surface area contributed by atoms with Crippen LogP contribution in [0.1, 0.15) is 21.5 Å². The Labute approximate surface area is 147 Å². The van der Waals surface area contributed by atoms with Crippen molar-refractivity contribution in [1.82, 2.24) is 0 Å². The van der Waals surface area contributed by atoms with Gasteiger partial charge in [-0.25, -0.2) is 0 Å². The number of carboxylic acids is 1. The molecule has 0 atom stereocenters. The number of aryl methyl sites for hydroxylation is 1. The van der Waals surface area contributed by atoms with E-state index in [0.29, 0.717) is 5.56 Å². The van der Waals surface area contributed by atoms with Crippen LogP contribution in [0.2, 0.25) is 0 Å². The first kappa shape index (κ1) is 18.5. The van der Waals surface area contributed by atoms with Crippen LogP contribution in [-0.2, 0) is 6.18 Å². The molecule has 22 heavy (non-hydrogen) atoms. The largest absolute Gasteiger partial charge is 1.00 e. The number of benzene rings is 2. The van der Waals surface area contributed by atoms with E-state index in [1.165, 1.54) is 24.3 Å². The van der Waals surface area contributed by atoms with Crippen LogP contribution >= 0.6 is 0 Å². The Bertz CT molecular complexity index is 687. The molecule has 2 rings (SSSR count). The van der Waals surface area contributed by atoms with Crippen molar-refractivity contribution in [2.24, 2.45) is 0 Å². The summed E-state index contributed by atoms with van der Waals surface area (Å²) in [6, 6.07) is 9.08. The molecule has 7 heteroatoms. The van der Waals surface area contributed by atoms with Gasteiger partial charge in [0.1, 0.15) is 0 Å². The molecule has 3 nitrogen and oxygen atoms in total. The minimum Gasteiger partial charge on any atom is -0.545 e. The van der Waals surface area contributed by atoms with Gasteiger partial charge in [0.25, 0.3) is 0 Å². The van der Waals surface area contributed by atoms with Crippen molar-refractivity contribution in [3.05, 3.63) is 59.2 Å². The summed E-state index contributed by atoms with van der Waals surface area (Å²) in [5.41, 5.74) is 0.0519. The molecule has 0 aliphatic rings. The molecule has 2 aromatic rings. The second-order valence-corrected chi connectivity index (χ2v) is 4.49. The van der Waals surface area contributed by atoms with Crippen molar-refractivity contribution in [1.29, 1.82) is 0 Å². The van der Waals surface area contributed by atoms with Gasteiger partial charge in [-0.2, -0.15) is 13.2 Å². The van der Waals surface area contributed by atoms with E-state index in [1.54, 1.807) is 13.0 Å². The Morgan fingerprint density at radius 1 is 1.14 bits per heavy atom. The Morgan fingerprint density at radius 2 is 1.77 bits per heavy atom. The molecule has 0 radical (unpaired) electrons. The van der Waals surface area contributed by atoms with Gasteiger partial charge in [0.05, 0.1) is 17.2 Å². The van der Waals surface area contributed by atoms with Crippen molar-refractivity contribution in [2.75, 3.05) is 5.32 Å². The third-order valence-corrected chi connectivity index (χ3v) is 2.95. The van der Waals surface area contributed by atoms with E-state index in [1.807, 2.05) is 0 Å². The average Bonchev–Trinajstić information content (AvgIpc) is 2.40. The van der Waals surface area contributed by atoms with E-state index in [-0.39, 0.29) is 46.5 Å². The SMILES string of the molecule is Cc1cccc(C(=O)[O-])c1Nc1cccc(C(F)(F)F)c1.[Na+]. The first-order valence-electron chi connectivity index (χ1n) is 6.04. The summed E-state index contributed by atoms with van der Waals surface area (Å²) in [5.74, 6) is -1.40. The molecule has 0 aromatic heterocycles. The number of para-hydroxylation sites is 1. The molecule has 0 amide bonds. The number of alkyl halides is 3. The minimum atomic E-state index is -4.46. The first-order chi connectivity index (χ1) is 9.79. The molecule has 0 spiro atoms. The molecule has 0 aliphatic carbocycles. The summed E-state index contributed by atoms with van der Waals surface area (Å²) in [6.45, 7) is 1.66. The molecule has 0 heterocycles. The zero-order chi connectivity index (χ0) is 15.6. The van der Waals surface area contributed by atoms with Crippen molar-refractivity contribution in [2.45, 2.75) is 13.1 Å². The topological polar surface area (TPSA) is 52.2 Å². The predicted molar refractivity (Wildman–Crippen MR) is 70.2 cm³/mol. The van der Waals surface area contributed by atoms with Gasteiger partial charge in [-0.3, -0.25) is 0 Å². The van der Waals surface area contributed by atoms with Crippen LogP contribution in [0, 0.1) is 6.92 Å². The predicted octanol–water partition coefficient (Wildman–Crippen LogP) is 0.125. The number of nitrogens with one attached hydrogen (secondary N) is 1. The third-order valence-electron chi connectivity index (χ3n) is 2.95. The van der Waals surface area contributed by atoms with E-state index in [9.17, 15) is 23.1 Å². The van der Waals surface area contributed by atoms with Crippen LogP contribution in [0.15, 0.2) is 42.5 Å². The van der Waals surface area contributed by atoms with Crippen LogP contribution in [0.25, 0.3) is 0 Å². The molecule has 0 aliphatic heterocycles. The molecule has 0 bridgehead atoms. The summed E-state index contributed by atoms with van der Waals surface area (Å²) in [4.78, 5) is 11.1. The van der Waals surface area contributed by atoms with E-state index in [4.69, 9.17) is 0 Å². The number of aromatic carboxylic acids is 1. The number of hydrogen-bond donors (Lipinski definition) is 1. The molecule has 0 unspecified atom stereocenters. The van der Waals surface area contributed by atoms with Crippen molar-refractivity contribution < 1.29 is 52.6 Å². The van der Waals surface area contributed by atoms with E-state index in [0.717, 1.165) is 12.1 Å². The molecular formula is C15H11F3NNaO2. The number of carboxylic acid groups (broad SMARTS) is 1. The van der Waals surface area contributed by atoms with E-state index in [2.05, 4.69) is 5.32 Å². The van der Waals surface area contributed by atoms with Gasteiger partial charge in [0, 0.05) is 11.3 Å². The number of rotatable bonds is 3. The number of carbonyl (C=O) groups excluding carboxylic acids is 1. The monoisotopic (exact) mass is 317 g/mol. The Kier molecular flexibility index (Phi) is 6.05. The second-order valence-electron chi connectivity index (χ2n) is 4.49. The van der Waals surface area contributed by atoms with Crippen LogP contribution in [-0.4, -0.2) is 5.97 Å². The van der Waals surface area contributed by atoms with Crippen LogP contribution in [0.5, 0.6) is 0 Å². The minimum absolute atomic E-state index is 0. The van der Waals surface area contributed by atoms with Crippen molar-refractivity contribution in [3.8, 4) is 0 Å². The second kappa shape index (κ2) is 7.17. The summed E-state index contributed by atoms with van der Waals surface area (Å²) < 4.78 is 38.0. The zero-order valence-electron chi connectivity index (χ0n) is 12.0. The molecule has 0 saturated carbocycles. The molecule has 0 fully saturated rings. The summed E-state index contributed by atoms with van der Waals surface area (Å²) >= 11 is 0. The Hall–Kier alpha value is -1.50. The number of anilines is 2. The molecule has 1 N–H and O–H groups in total. The van der Waals surface area contributed by atoms with Gasteiger partial charge in [-0.05, 0) is 30.7 Å². The molecule has 0 saturated heterocycles. The summed E-state index contributed by atoms with van der Waals surface area (Å²) in [7, 11) is 0. The first-order valence-corrected chi connectivity index (χ1v) is 6.04. The van der Waals surface area contributed by atoms with Crippen molar-refractivity contribution in [3.63, 3.8) is 0 Å². The molecule has 2 aromatic carbocycles. The fraction of sp³-hybridized carbons (Fsp3) is 0.133. The maximum absolute atomic E-state index is 12.7. The van der Waals surface area contributed by atoms with Crippen LogP contribution < -0.4 is 40.0 Å². The van der Waals surface area contributed by atoms with Crippen molar-refractivity contribution >= 4 is 17.3 Å². The van der Waals surface area contributed by atoms with E-state index < -0.39 is 17.7 Å². The zero-order valence-corrected chi connectivity index (χ0v) is 14.0. The van der Waals surface area contributed by atoms with Gasteiger partial charge in [-0.15, -0.1) is 0 Å². The number of halogens is 3. The van der Waals surface area contributed by atoms with Crippen LogP contribution in [0.4, 0.5) is 24.5 Å². The van der Waals surface area contributed by atoms with Gasteiger partial charge in [0.2, 0.25) is 0 Å². The average molecular weight is 317 g/mol. The number of carbonyl (C=O) groups is 1. The van der Waals surface area contributed by atoms with Gasteiger partial charge in [-0.1, -0.05) is 24.3 Å². The smallest absolute Gasteiger partial charge is 0.545 e. The van der Waals surface area contributed by atoms with Crippen LogP contribution in [0.3, 0.4) is 0 Å². The summed E-state index contributed by atoms with van der Waals surface area (Å²) in [5, 5.41) is 13.8. The Balaban J connectivity index is 0.00000242. The van der Waals surface area contributed by atoms with Gasteiger partial charge in [0.15, 0.2) is 0 Å². The van der Waals surface area contributed by atoms with E-state index >= 15 is 0 Å². The van der Waals surface area contributed by atoms with Gasteiger partial charge < -0.3 is 15.2 Å². The fourth-order valence-corrected chi connectivity index (χ4v) is 1.92. The fourth-order valence-electron chi connectivity index (χ4n) is 1.92. The third kappa shape index (κ3) is 4.25. The molecule has 110 valence electrons. The maximum atomic E-state index is 12.7. The normalized spacial score (nSPS) is 10.7. The summed E-state index contributed by atoms with van der Waals surface area (Å²) in [6.07, 6.45) is -4.46. The Morgan fingerprint density at radius 3 is 2.36 bits per heavy atom. The maximum Gasteiger partial charge on any atom is 1.00 e. The van der Waals surface area contributed by atoms with Gasteiger partial charge >= 0.3 is 35.7 Å². The molecular weight excluding hydrogens is 306 g/mol. The standard InChI is InChI=1S/C15H12F3NO2.Na/c1-9-4-2-7-12(14(20)21)13(9)19-11-6-3-5-10(8-11)15(16,17)18;/h2-8,19H,1H3,(H,20,21);/q;+1/p-1. The quantitative estimate of drug-likeness (QED) is 0.819.